The van der Waals surface area contributed by atoms with Gasteiger partial charge in [0.25, 0.3) is 5.56 Å². The Morgan fingerprint density at radius 3 is 2.61 bits per heavy atom. The Morgan fingerprint density at radius 1 is 1.21 bits per heavy atom. The highest BCUT2D eigenvalue weighted by atomic mass is 16.7. The molecule has 1 aliphatic heterocycles. The molecular formula is C21H27N3O4. The largest absolute Gasteiger partial charge is 0.346 e. The van der Waals surface area contributed by atoms with Gasteiger partial charge in [0.2, 0.25) is 12.2 Å². The number of aromatic nitrogens is 2. The number of fused-ring (bicyclic) bond motifs is 1. The minimum absolute atomic E-state index is 0.0551. The van der Waals surface area contributed by atoms with E-state index in [0.717, 1.165) is 11.3 Å². The predicted molar refractivity (Wildman–Crippen MR) is 105 cm³/mol. The minimum Gasteiger partial charge on any atom is -0.346 e. The van der Waals surface area contributed by atoms with E-state index in [2.05, 4.69) is 9.97 Å². The molecule has 1 N–H and O–H groups in total. The number of hydrogen-bond acceptors (Lipinski definition) is 5. The number of benzene rings is 1. The fourth-order valence-electron chi connectivity index (χ4n) is 3.33. The van der Waals surface area contributed by atoms with E-state index in [1.807, 2.05) is 44.2 Å². The number of ether oxygens (including phenoxy) is 2. The first-order chi connectivity index (χ1) is 13.6. The summed E-state index contributed by atoms with van der Waals surface area (Å²) in [5.41, 5.74) is 2.17. The van der Waals surface area contributed by atoms with Crippen LogP contribution in [0.25, 0.3) is 0 Å². The van der Waals surface area contributed by atoms with Crippen molar-refractivity contribution in [2.75, 3.05) is 19.8 Å². The van der Waals surface area contributed by atoms with Crippen molar-refractivity contribution in [3.8, 4) is 0 Å². The van der Waals surface area contributed by atoms with Crippen LogP contribution in [0.5, 0.6) is 0 Å². The van der Waals surface area contributed by atoms with E-state index in [1.54, 1.807) is 4.90 Å². The summed E-state index contributed by atoms with van der Waals surface area (Å²) >= 11 is 0. The third-order valence-corrected chi connectivity index (χ3v) is 4.77. The van der Waals surface area contributed by atoms with Gasteiger partial charge in [-0.15, -0.1) is 0 Å². The van der Waals surface area contributed by atoms with Gasteiger partial charge in [0.1, 0.15) is 0 Å². The Hall–Kier alpha value is -2.51. The molecule has 7 heteroatoms. The molecule has 0 fully saturated rings. The summed E-state index contributed by atoms with van der Waals surface area (Å²) in [5.74, 6) is 0.441. The van der Waals surface area contributed by atoms with E-state index in [9.17, 15) is 9.59 Å². The molecule has 0 saturated heterocycles. The Kier molecular flexibility index (Phi) is 6.95. The van der Waals surface area contributed by atoms with E-state index in [-0.39, 0.29) is 11.5 Å². The van der Waals surface area contributed by atoms with E-state index < -0.39 is 6.29 Å². The predicted octanol–water partition coefficient (Wildman–Crippen LogP) is 2.36. The van der Waals surface area contributed by atoms with Crippen LogP contribution in [0.15, 0.2) is 35.1 Å². The number of amides is 1. The van der Waals surface area contributed by atoms with Crippen LogP contribution in [0.1, 0.15) is 49.2 Å². The fourth-order valence-corrected chi connectivity index (χ4v) is 3.33. The minimum atomic E-state index is -0.682. The Morgan fingerprint density at radius 2 is 1.93 bits per heavy atom. The Balaban J connectivity index is 1.69. The molecule has 0 atom stereocenters. The molecule has 1 aromatic carbocycles. The second kappa shape index (κ2) is 9.61. The van der Waals surface area contributed by atoms with Crippen LogP contribution in [-0.2, 0) is 33.7 Å². The van der Waals surface area contributed by atoms with E-state index in [4.69, 9.17) is 9.47 Å². The Bertz CT molecular complexity index is 844. The molecular weight excluding hydrogens is 358 g/mol. The van der Waals surface area contributed by atoms with Crippen molar-refractivity contribution in [2.45, 2.75) is 45.9 Å². The van der Waals surface area contributed by atoms with Gasteiger partial charge in [-0.25, -0.2) is 4.98 Å². The number of carbonyl (C=O) groups is 1. The number of aryl methyl sites for hydroxylation is 1. The number of aromatic amines is 1. The molecule has 0 saturated carbocycles. The van der Waals surface area contributed by atoms with Gasteiger partial charge in [-0.05, 0) is 25.8 Å². The van der Waals surface area contributed by atoms with Crippen molar-refractivity contribution in [1.29, 1.82) is 0 Å². The number of hydrogen-bond donors (Lipinski definition) is 1. The molecule has 2 heterocycles. The van der Waals surface area contributed by atoms with Gasteiger partial charge in [0.05, 0.1) is 17.8 Å². The smallest absolute Gasteiger partial charge is 0.256 e. The average Bonchev–Trinajstić information content (AvgIpc) is 2.72. The number of nitrogens with zero attached hydrogens (tertiary/aromatic N) is 2. The van der Waals surface area contributed by atoms with Crippen LogP contribution in [0.3, 0.4) is 0 Å². The summed E-state index contributed by atoms with van der Waals surface area (Å²) in [4.78, 5) is 34.3. The van der Waals surface area contributed by atoms with Crippen molar-refractivity contribution in [3.63, 3.8) is 0 Å². The lowest BCUT2D eigenvalue weighted by Gasteiger charge is -2.28. The number of H-pyrrole nitrogens is 1. The monoisotopic (exact) mass is 385 g/mol. The molecule has 0 spiro atoms. The lowest BCUT2D eigenvalue weighted by molar-refractivity contribution is -0.145. The van der Waals surface area contributed by atoms with Gasteiger partial charge in [-0.3, -0.25) is 9.59 Å². The zero-order valence-corrected chi connectivity index (χ0v) is 16.4. The average molecular weight is 385 g/mol. The molecule has 3 rings (SSSR count). The quantitative estimate of drug-likeness (QED) is 0.705. The maximum absolute atomic E-state index is 12.6. The SMILES string of the molecule is CCOC(OCC)c1nc2c(c(=O)[nH]1)CN(C(=O)CCc1ccccc1)CC2. The molecule has 1 aromatic heterocycles. The summed E-state index contributed by atoms with van der Waals surface area (Å²) in [5, 5.41) is 0. The highest BCUT2D eigenvalue weighted by Gasteiger charge is 2.26. The zero-order chi connectivity index (χ0) is 19.9. The third kappa shape index (κ3) is 4.85. The molecule has 0 aliphatic carbocycles. The summed E-state index contributed by atoms with van der Waals surface area (Å²) in [6.45, 7) is 5.48. The van der Waals surface area contributed by atoms with Gasteiger partial charge in [0, 0.05) is 32.6 Å². The molecule has 1 amide bonds. The molecule has 0 bridgehead atoms. The zero-order valence-electron chi connectivity index (χ0n) is 16.4. The molecule has 1 aliphatic rings. The summed E-state index contributed by atoms with van der Waals surface area (Å²) in [7, 11) is 0. The number of nitrogens with one attached hydrogen (secondary N) is 1. The first-order valence-corrected chi connectivity index (χ1v) is 9.79. The lowest BCUT2D eigenvalue weighted by Crippen LogP contribution is -2.40. The van der Waals surface area contributed by atoms with Gasteiger partial charge in [0.15, 0.2) is 5.82 Å². The standard InChI is InChI=1S/C21H27N3O4/c1-3-27-21(28-4-2)19-22-17-12-13-24(14-16(17)20(26)23-19)18(25)11-10-15-8-6-5-7-9-15/h5-9,21H,3-4,10-14H2,1-2H3,(H,22,23,26). The third-order valence-electron chi connectivity index (χ3n) is 4.77. The maximum Gasteiger partial charge on any atom is 0.256 e. The van der Waals surface area contributed by atoms with E-state index in [0.29, 0.717) is 57.0 Å². The molecule has 0 unspecified atom stereocenters. The maximum atomic E-state index is 12.6. The molecule has 2 aromatic rings. The normalized spacial score (nSPS) is 13.6. The van der Waals surface area contributed by atoms with Crippen molar-refractivity contribution in [2.24, 2.45) is 0 Å². The molecule has 28 heavy (non-hydrogen) atoms. The second-order valence-corrected chi connectivity index (χ2v) is 6.67. The van der Waals surface area contributed by atoms with Gasteiger partial charge >= 0.3 is 0 Å². The van der Waals surface area contributed by atoms with Crippen molar-refractivity contribution in [1.82, 2.24) is 14.9 Å². The van der Waals surface area contributed by atoms with Crippen molar-refractivity contribution >= 4 is 5.91 Å². The fraction of sp³-hybridized carbons (Fsp3) is 0.476. The number of carbonyl (C=O) groups excluding carboxylic acids is 1. The molecule has 7 nitrogen and oxygen atoms in total. The van der Waals surface area contributed by atoms with Crippen molar-refractivity contribution < 1.29 is 14.3 Å². The van der Waals surface area contributed by atoms with Crippen LogP contribution >= 0.6 is 0 Å². The van der Waals surface area contributed by atoms with Crippen LogP contribution in [0.2, 0.25) is 0 Å². The van der Waals surface area contributed by atoms with Crippen LogP contribution in [0, 0.1) is 0 Å². The Labute approximate surface area is 164 Å². The lowest BCUT2D eigenvalue weighted by atomic mass is 10.0. The summed E-state index contributed by atoms with van der Waals surface area (Å²) in [6.07, 6.45) is 0.993. The van der Waals surface area contributed by atoms with Gasteiger partial charge < -0.3 is 19.4 Å². The summed E-state index contributed by atoms with van der Waals surface area (Å²) in [6, 6.07) is 9.93. The van der Waals surface area contributed by atoms with Crippen LogP contribution < -0.4 is 5.56 Å². The summed E-state index contributed by atoms with van der Waals surface area (Å²) < 4.78 is 11.1. The van der Waals surface area contributed by atoms with E-state index >= 15 is 0 Å². The highest BCUT2D eigenvalue weighted by molar-refractivity contribution is 5.76. The molecule has 0 radical (unpaired) electrons. The van der Waals surface area contributed by atoms with Crippen LogP contribution in [-0.4, -0.2) is 40.5 Å². The number of rotatable bonds is 8. The van der Waals surface area contributed by atoms with Gasteiger partial charge in [-0.2, -0.15) is 0 Å². The molecule has 150 valence electrons. The second-order valence-electron chi connectivity index (χ2n) is 6.67. The van der Waals surface area contributed by atoms with Crippen LogP contribution in [0.4, 0.5) is 0 Å². The van der Waals surface area contributed by atoms with Crippen molar-refractivity contribution in [3.05, 3.63) is 63.3 Å². The first-order valence-electron chi connectivity index (χ1n) is 9.79. The van der Waals surface area contributed by atoms with E-state index in [1.165, 1.54) is 0 Å². The first kappa shape index (κ1) is 20.2. The van der Waals surface area contributed by atoms with Gasteiger partial charge in [-0.1, -0.05) is 30.3 Å². The highest BCUT2D eigenvalue weighted by Crippen LogP contribution is 2.19. The topological polar surface area (TPSA) is 84.5 Å².